The molecule has 1 aromatic carbocycles. The molecule has 0 bridgehead atoms. The van der Waals surface area contributed by atoms with Crippen LogP contribution in [-0.4, -0.2) is 24.3 Å². The SMILES string of the molecule is NCc1cccc(N2CC[C@H](O)C2)c1. The van der Waals surface area contributed by atoms with E-state index in [1.807, 2.05) is 12.1 Å². The Kier molecular flexibility index (Phi) is 2.70. The Hall–Kier alpha value is -1.06. The van der Waals surface area contributed by atoms with Crippen molar-refractivity contribution in [3.8, 4) is 0 Å². The van der Waals surface area contributed by atoms with Gasteiger partial charge < -0.3 is 15.7 Å². The predicted octanol–water partition coefficient (Wildman–Crippen LogP) is 0.716. The maximum absolute atomic E-state index is 9.42. The fraction of sp³-hybridized carbons (Fsp3) is 0.455. The van der Waals surface area contributed by atoms with E-state index in [0.717, 1.165) is 25.1 Å². The Balaban J connectivity index is 2.15. The van der Waals surface area contributed by atoms with Crippen LogP contribution in [0.1, 0.15) is 12.0 Å². The molecule has 1 heterocycles. The second-order valence-electron chi connectivity index (χ2n) is 3.76. The number of aliphatic hydroxyl groups is 1. The highest BCUT2D eigenvalue weighted by molar-refractivity contribution is 5.49. The van der Waals surface area contributed by atoms with E-state index in [4.69, 9.17) is 5.73 Å². The van der Waals surface area contributed by atoms with E-state index in [9.17, 15) is 5.11 Å². The number of β-amino-alcohol motifs (C(OH)–C–C–N with tert-alkyl or cyclic N) is 1. The summed E-state index contributed by atoms with van der Waals surface area (Å²) in [5.74, 6) is 0. The van der Waals surface area contributed by atoms with Gasteiger partial charge in [0, 0.05) is 25.3 Å². The number of aliphatic hydroxyl groups excluding tert-OH is 1. The summed E-state index contributed by atoms with van der Waals surface area (Å²) in [6, 6.07) is 8.20. The van der Waals surface area contributed by atoms with Crippen molar-refractivity contribution in [2.75, 3.05) is 18.0 Å². The quantitative estimate of drug-likeness (QED) is 0.725. The standard InChI is InChI=1S/C11H16N2O/c12-7-9-2-1-3-10(6-9)13-5-4-11(14)8-13/h1-3,6,11,14H,4-5,7-8,12H2/t11-/m0/s1. The molecule has 1 aliphatic heterocycles. The van der Waals surface area contributed by atoms with Crippen LogP contribution in [0.2, 0.25) is 0 Å². The van der Waals surface area contributed by atoms with Gasteiger partial charge in [0.2, 0.25) is 0 Å². The average molecular weight is 192 g/mol. The summed E-state index contributed by atoms with van der Waals surface area (Å²) in [5, 5.41) is 9.42. The lowest BCUT2D eigenvalue weighted by molar-refractivity contribution is 0.198. The summed E-state index contributed by atoms with van der Waals surface area (Å²) in [5.41, 5.74) is 7.89. The van der Waals surface area contributed by atoms with Crippen molar-refractivity contribution >= 4 is 5.69 Å². The highest BCUT2D eigenvalue weighted by Gasteiger charge is 2.20. The van der Waals surface area contributed by atoms with Crippen molar-refractivity contribution in [3.05, 3.63) is 29.8 Å². The van der Waals surface area contributed by atoms with Crippen molar-refractivity contribution in [1.82, 2.24) is 0 Å². The van der Waals surface area contributed by atoms with Crippen LogP contribution < -0.4 is 10.6 Å². The van der Waals surface area contributed by atoms with Gasteiger partial charge in [0.25, 0.3) is 0 Å². The Morgan fingerprint density at radius 1 is 1.50 bits per heavy atom. The topological polar surface area (TPSA) is 49.5 Å². The molecule has 1 saturated heterocycles. The molecule has 0 amide bonds. The summed E-state index contributed by atoms with van der Waals surface area (Å²) in [7, 11) is 0. The third-order valence-corrected chi connectivity index (χ3v) is 2.67. The molecular weight excluding hydrogens is 176 g/mol. The van der Waals surface area contributed by atoms with Gasteiger partial charge in [-0.05, 0) is 24.1 Å². The van der Waals surface area contributed by atoms with Gasteiger partial charge in [0.1, 0.15) is 0 Å². The molecule has 0 saturated carbocycles. The third-order valence-electron chi connectivity index (χ3n) is 2.67. The zero-order valence-corrected chi connectivity index (χ0v) is 8.19. The zero-order chi connectivity index (χ0) is 9.97. The third kappa shape index (κ3) is 1.89. The summed E-state index contributed by atoms with van der Waals surface area (Å²) in [4.78, 5) is 2.20. The maximum Gasteiger partial charge on any atom is 0.0731 e. The first-order valence-electron chi connectivity index (χ1n) is 5.01. The number of nitrogens with zero attached hydrogens (tertiary/aromatic N) is 1. The molecule has 3 heteroatoms. The zero-order valence-electron chi connectivity index (χ0n) is 8.19. The Morgan fingerprint density at radius 3 is 3.00 bits per heavy atom. The molecule has 0 spiro atoms. The van der Waals surface area contributed by atoms with Gasteiger partial charge >= 0.3 is 0 Å². The van der Waals surface area contributed by atoms with E-state index in [1.165, 1.54) is 5.69 Å². The molecule has 3 nitrogen and oxygen atoms in total. The van der Waals surface area contributed by atoms with Crippen molar-refractivity contribution in [3.63, 3.8) is 0 Å². The lowest BCUT2D eigenvalue weighted by Crippen LogP contribution is -2.21. The first-order valence-corrected chi connectivity index (χ1v) is 5.01. The van der Waals surface area contributed by atoms with Crippen LogP contribution in [0.3, 0.4) is 0 Å². The number of benzene rings is 1. The minimum atomic E-state index is -0.170. The van der Waals surface area contributed by atoms with Gasteiger partial charge in [0.15, 0.2) is 0 Å². The van der Waals surface area contributed by atoms with Gasteiger partial charge in [-0.15, -0.1) is 0 Å². The Morgan fingerprint density at radius 2 is 2.36 bits per heavy atom. The molecule has 14 heavy (non-hydrogen) atoms. The van der Waals surface area contributed by atoms with Crippen LogP contribution in [0.4, 0.5) is 5.69 Å². The van der Waals surface area contributed by atoms with Gasteiger partial charge in [-0.2, -0.15) is 0 Å². The number of nitrogens with two attached hydrogens (primary N) is 1. The molecule has 1 aliphatic rings. The highest BCUT2D eigenvalue weighted by Crippen LogP contribution is 2.21. The largest absolute Gasteiger partial charge is 0.391 e. The van der Waals surface area contributed by atoms with E-state index < -0.39 is 0 Å². The Bertz CT molecular complexity index is 314. The summed E-state index contributed by atoms with van der Waals surface area (Å²) in [6.07, 6.45) is 0.698. The lowest BCUT2D eigenvalue weighted by Gasteiger charge is -2.18. The van der Waals surface area contributed by atoms with Gasteiger partial charge in [-0.3, -0.25) is 0 Å². The van der Waals surface area contributed by atoms with E-state index in [2.05, 4.69) is 17.0 Å². The van der Waals surface area contributed by atoms with Crippen molar-refractivity contribution in [1.29, 1.82) is 0 Å². The van der Waals surface area contributed by atoms with Gasteiger partial charge in [-0.1, -0.05) is 12.1 Å². The molecule has 3 N–H and O–H groups in total. The van der Waals surface area contributed by atoms with Crippen LogP contribution in [-0.2, 0) is 6.54 Å². The van der Waals surface area contributed by atoms with Crippen LogP contribution >= 0.6 is 0 Å². The van der Waals surface area contributed by atoms with Crippen molar-refractivity contribution in [2.45, 2.75) is 19.1 Å². The predicted molar refractivity (Wildman–Crippen MR) is 57.2 cm³/mol. The molecule has 2 rings (SSSR count). The maximum atomic E-state index is 9.42. The van der Waals surface area contributed by atoms with Crippen molar-refractivity contribution in [2.24, 2.45) is 5.73 Å². The lowest BCUT2D eigenvalue weighted by atomic mass is 10.2. The first kappa shape index (κ1) is 9.49. The Labute approximate surface area is 84.1 Å². The number of hydrogen-bond acceptors (Lipinski definition) is 3. The van der Waals surface area contributed by atoms with Crippen LogP contribution in [0.5, 0.6) is 0 Å². The summed E-state index contributed by atoms with van der Waals surface area (Å²) >= 11 is 0. The fourth-order valence-corrected chi connectivity index (χ4v) is 1.86. The fourth-order valence-electron chi connectivity index (χ4n) is 1.86. The number of rotatable bonds is 2. The first-order chi connectivity index (χ1) is 6.79. The second kappa shape index (κ2) is 3.98. The van der Waals surface area contributed by atoms with Crippen LogP contribution in [0.25, 0.3) is 0 Å². The summed E-state index contributed by atoms with van der Waals surface area (Å²) < 4.78 is 0. The monoisotopic (exact) mass is 192 g/mol. The molecule has 0 aliphatic carbocycles. The smallest absolute Gasteiger partial charge is 0.0731 e. The highest BCUT2D eigenvalue weighted by atomic mass is 16.3. The van der Waals surface area contributed by atoms with Gasteiger partial charge in [0.05, 0.1) is 6.10 Å². The summed E-state index contributed by atoms with van der Waals surface area (Å²) in [6.45, 7) is 2.26. The van der Waals surface area contributed by atoms with E-state index in [-0.39, 0.29) is 6.10 Å². The van der Waals surface area contributed by atoms with Crippen LogP contribution in [0.15, 0.2) is 24.3 Å². The minimum absolute atomic E-state index is 0.170. The molecular formula is C11H16N2O. The molecule has 0 unspecified atom stereocenters. The normalized spacial score (nSPS) is 21.6. The average Bonchev–Trinajstić information content (AvgIpc) is 2.65. The molecule has 0 radical (unpaired) electrons. The number of anilines is 1. The van der Waals surface area contributed by atoms with E-state index >= 15 is 0 Å². The van der Waals surface area contributed by atoms with Crippen LogP contribution in [0, 0.1) is 0 Å². The molecule has 1 aromatic rings. The second-order valence-corrected chi connectivity index (χ2v) is 3.76. The minimum Gasteiger partial charge on any atom is -0.391 e. The van der Waals surface area contributed by atoms with Crippen molar-refractivity contribution < 1.29 is 5.11 Å². The van der Waals surface area contributed by atoms with Gasteiger partial charge in [-0.25, -0.2) is 0 Å². The molecule has 1 atom stereocenters. The number of hydrogen-bond donors (Lipinski definition) is 2. The van der Waals surface area contributed by atoms with E-state index in [0.29, 0.717) is 6.54 Å². The molecule has 76 valence electrons. The molecule has 0 aromatic heterocycles. The van der Waals surface area contributed by atoms with E-state index in [1.54, 1.807) is 0 Å². The molecule has 1 fully saturated rings.